The fourth-order valence-corrected chi connectivity index (χ4v) is 5.65. The maximum Gasteiger partial charge on any atom is 0.151 e. The van der Waals surface area contributed by atoms with Crippen LogP contribution in [-0.4, -0.2) is 57.5 Å². The van der Waals surface area contributed by atoms with E-state index in [9.17, 15) is 8.42 Å². The molecule has 1 spiro atoms. The van der Waals surface area contributed by atoms with E-state index >= 15 is 0 Å². The van der Waals surface area contributed by atoms with Crippen molar-refractivity contribution in [2.24, 2.45) is 11.3 Å². The molecule has 2 unspecified atom stereocenters. The number of nitrogens with zero attached hydrogens (tertiary/aromatic N) is 1. The third kappa shape index (κ3) is 2.45. The molecule has 104 valence electrons. The molecule has 2 heterocycles. The lowest BCUT2D eigenvalue weighted by Crippen LogP contribution is -2.36. The van der Waals surface area contributed by atoms with Gasteiger partial charge in [0.05, 0.1) is 11.5 Å². The van der Waals surface area contributed by atoms with Gasteiger partial charge in [0, 0.05) is 12.6 Å². The van der Waals surface area contributed by atoms with Gasteiger partial charge < -0.3 is 10.2 Å². The molecule has 0 aromatic carbocycles. The van der Waals surface area contributed by atoms with Crippen molar-refractivity contribution in [2.75, 3.05) is 38.2 Å². The van der Waals surface area contributed by atoms with Crippen molar-refractivity contribution >= 4 is 9.84 Å². The van der Waals surface area contributed by atoms with Gasteiger partial charge in [-0.15, -0.1) is 0 Å². The highest BCUT2D eigenvalue weighted by atomic mass is 32.2. The Morgan fingerprint density at radius 3 is 2.67 bits per heavy atom. The van der Waals surface area contributed by atoms with Gasteiger partial charge in [-0.3, -0.25) is 0 Å². The number of hydrogen-bond donors (Lipinski definition) is 1. The van der Waals surface area contributed by atoms with Crippen LogP contribution in [0.5, 0.6) is 0 Å². The summed E-state index contributed by atoms with van der Waals surface area (Å²) in [7, 11) is -0.631. The topological polar surface area (TPSA) is 49.4 Å². The van der Waals surface area contributed by atoms with Crippen molar-refractivity contribution in [3.05, 3.63) is 0 Å². The van der Waals surface area contributed by atoms with Crippen molar-refractivity contribution in [3.63, 3.8) is 0 Å². The minimum atomic E-state index is -2.74. The molecule has 0 bridgehead atoms. The molecule has 3 fully saturated rings. The summed E-state index contributed by atoms with van der Waals surface area (Å²) in [5.41, 5.74) is 0.608. The Hall–Kier alpha value is -0.130. The first-order chi connectivity index (χ1) is 8.51. The SMILES string of the molecule is CN(CC1CC12CCNCC2)C1CCS(=O)(=O)C1. The Labute approximate surface area is 110 Å². The molecule has 4 nitrogen and oxygen atoms in total. The highest BCUT2D eigenvalue weighted by Crippen LogP contribution is 2.58. The van der Waals surface area contributed by atoms with Crippen LogP contribution < -0.4 is 5.32 Å². The van der Waals surface area contributed by atoms with Crippen LogP contribution in [0.4, 0.5) is 0 Å². The number of rotatable bonds is 3. The summed E-state index contributed by atoms with van der Waals surface area (Å²) in [4.78, 5) is 2.31. The van der Waals surface area contributed by atoms with Crippen LogP contribution >= 0.6 is 0 Å². The smallest absolute Gasteiger partial charge is 0.151 e. The summed E-state index contributed by atoms with van der Waals surface area (Å²) in [6, 6.07) is 0.273. The Morgan fingerprint density at radius 2 is 2.06 bits per heavy atom. The van der Waals surface area contributed by atoms with Crippen molar-refractivity contribution in [1.29, 1.82) is 0 Å². The predicted molar refractivity (Wildman–Crippen MR) is 72.3 cm³/mol. The first-order valence-electron chi connectivity index (χ1n) is 7.12. The molecule has 0 amide bonds. The molecule has 2 aliphatic heterocycles. The molecule has 2 atom stereocenters. The molecule has 1 saturated carbocycles. The minimum Gasteiger partial charge on any atom is -0.317 e. The molecule has 1 N–H and O–H groups in total. The lowest BCUT2D eigenvalue weighted by molar-refractivity contribution is 0.221. The van der Waals surface area contributed by atoms with Gasteiger partial charge in [0.2, 0.25) is 0 Å². The molecular weight excluding hydrogens is 248 g/mol. The van der Waals surface area contributed by atoms with Crippen molar-refractivity contribution in [1.82, 2.24) is 10.2 Å². The van der Waals surface area contributed by atoms with Gasteiger partial charge in [-0.1, -0.05) is 0 Å². The maximum absolute atomic E-state index is 11.5. The standard InChI is InChI=1S/C13H24N2O2S/c1-15(12-2-7-18(16,17)10-12)9-11-8-13(11)3-5-14-6-4-13/h11-12,14H,2-10H2,1H3. The zero-order chi connectivity index (χ0) is 12.8. The second kappa shape index (κ2) is 4.46. The summed E-state index contributed by atoms with van der Waals surface area (Å²) in [6.07, 6.45) is 4.82. The average molecular weight is 272 g/mol. The van der Waals surface area contributed by atoms with E-state index in [0.29, 0.717) is 16.9 Å². The Morgan fingerprint density at radius 1 is 1.33 bits per heavy atom. The van der Waals surface area contributed by atoms with E-state index in [1.54, 1.807) is 0 Å². The first-order valence-corrected chi connectivity index (χ1v) is 8.94. The third-order valence-corrected chi connectivity index (χ3v) is 7.05. The molecule has 0 aromatic rings. The largest absolute Gasteiger partial charge is 0.317 e. The van der Waals surface area contributed by atoms with E-state index in [1.165, 1.54) is 19.3 Å². The average Bonchev–Trinajstić information content (AvgIpc) is 2.81. The van der Waals surface area contributed by atoms with Gasteiger partial charge in [-0.2, -0.15) is 0 Å². The van der Waals surface area contributed by atoms with Crippen LogP contribution in [0.2, 0.25) is 0 Å². The summed E-state index contributed by atoms with van der Waals surface area (Å²) in [5.74, 6) is 1.58. The van der Waals surface area contributed by atoms with Crippen molar-refractivity contribution in [2.45, 2.75) is 31.7 Å². The van der Waals surface area contributed by atoms with E-state index in [-0.39, 0.29) is 6.04 Å². The fraction of sp³-hybridized carbons (Fsp3) is 1.00. The molecule has 0 aromatic heterocycles. The summed E-state index contributed by atoms with van der Waals surface area (Å²) < 4.78 is 23.0. The monoisotopic (exact) mass is 272 g/mol. The molecule has 3 rings (SSSR count). The molecule has 1 aliphatic carbocycles. The fourth-order valence-electron chi connectivity index (χ4n) is 3.85. The van der Waals surface area contributed by atoms with Crippen LogP contribution in [0.25, 0.3) is 0 Å². The van der Waals surface area contributed by atoms with Gasteiger partial charge in [0.1, 0.15) is 0 Å². The molecule has 0 radical (unpaired) electrons. The number of piperidine rings is 1. The summed E-state index contributed by atoms with van der Waals surface area (Å²) >= 11 is 0. The molecule has 18 heavy (non-hydrogen) atoms. The lowest BCUT2D eigenvalue weighted by Gasteiger charge is -2.27. The van der Waals surface area contributed by atoms with Gasteiger partial charge in [-0.05, 0) is 57.2 Å². The zero-order valence-electron chi connectivity index (χ0n) is 11.2. The van der Waals surface area contributed by atoms with Crippen molar-refractivity contribution < 1.29 is 8.42 Å². The van der Waals surface area contributed by atoms with E-state index in [4.69, 9.17) is 0 Å². The van der Waals surface area contributed by atoms with E-state index in [1.807, 2.05) is 0 Å². The quantitative estimate of drug-likeness (QED) is 0.812. The number of hydrogen-bond acceptors (Lipinski definition) is 4. The number of nitrogens with one attached hydrogen (secondary N) is 1. The normalized spacial score (nSPS) is 37.2. The predicted octanol–water partition coefficient (Wildman–Crippen LogP) is 0.495. The Balaban J connectivity index is 1.52. The van der Waals surface area contributed by atoms with Gasteiger partial charge in [0.15, 0.2) is 9.84 Å². The second-order valence-electron chi connectivity index (χ2n) is 6.51. The first kappa shape index (κ1) is 12.9. The van der Waals surface area contributed by atoms with Crippen LogP contribution in [0.15, 0.2) is 0 Å². The Bertz CT molecular complexity index is 415. The summed E-state index contributed by atoms with van der Waals surface area (Å²) in [6.45, 7) is 3.43. The van der Waals surface area contributed by atoms with Crippen LogP contribution in [0.1, 0.15) is 25.7 Å². The van der Waals surface area contributed by atoms with E-state index in [2.05, 4.69) is 17.3 Å². The van der Waals surface area contributed by atoms with Crippen molar-refractivity contribution in [3.8, 4) is 0 Å². The van der Waals surface area contributed by atoms with E-state index in [0.717, 1.165) is 32.0 Å². The summed E-state index contributed by atoms with van der Waals surface area (Å²) in [5, 5.41) is 3.43. The maximum atomic E-state index is 11.5. The van der Waals surface area contributed by atoms with Crippen LogP contribution in [-0.2, 0) is 9.84 Å². The number of sulfone groups is 1. The second-order valence-corrected chi connectivity index (χ2v) is 8.74. The minimum absolute atomic E-state index is 0.273. The highest BCUT2D eigenvalue weighted by Gasteiger charge is 2.54. The van der Waals surface area contributed by atoms with Gasteiger partial charge >= 0.3 is 0 Å². The highest BCUT2D eigenvalue weighted by molar-refractivity contribution is 7.91. The van der Waals surface area contributed by atoms with Gasteiger partial charge in [0.25, 0.3) is 0 Å². The zero-order valence-corrected chi connectivity index (χ0v) is 12.0. The Kier molecular flexibility index (Phi) is 3.19. The lowest BCUT2D eigenvalue weighted by atomic mass is 9.92. The molecule has 5 heteroatoms. The van der Waals surface area contributed by atoms with Crippen LogP contribution in [0.3, 0.4) is 0 Å². The third-order valence-electron chi connectivity index (χ3n) is 5.30. The van der Waals surface area contributed by atoms with E-state index < -0.39 is 9.84 Å². The molecular formula is C13H24N2O2S. The van der Waals surface area contributed by atoms with Crippen LogP contribution in [0, 0.1) is 11.3 Å². The van der Waals surface area contributed by atoms with Gasteiger partial charge in [-0.25, -0.2) is 8.42 Å². The molecule has 3 aliphatic rings. The molecule has 2 saturated heterocycles.